The number of hydrogen-bond donors (Lipinski definition) is 2. The van der Waals surface area contributed by atoms with E-state index in [0.717, 1.165) is 30.6 Å². The van der Waals surface area contributed by atoms with E-state index in [1.54, 1.807) is 12.5 Å². The van der Waals surface area contributed by atoms with Crippen LogP contribution in [0.2, 0.25) is 0 Å². The summed E-state index contributed by atoms with van der Waals surface area (Å²) in [6, 6.07) is 8.20. The second-order valence-corrected chi connectivity index (χ2v) is 7.53. The molecule has 0 bridgehead atoms. The summed E-state index contributed by atoms with van der Waals surface area (Å²) in [5, 5.41) is 16.3. The molecule has 10 nitrogen and oxygen atoms in total. The minimum absolute atomic E-state index is 0.0790. The summed E-state index contributed by atoms with van der Waals surface area (Å²) in [4.78, 5) is 29.4. The number of H-pyrrole nitrogens is 1. The van der Waals surface area contributed by atoms with Crippen molar-refractivity contribution in [3.05, 3.63) is 70.7 Å². The summed E-state index contributed by atoms with van der Waals surface area (Å²) < 4.78 is 1.97. The number of hydrogen-bond acceptors (Lipinski definition) is 7. The average Bonchev–Trinajstić information content (AvgIpc) is 3.43. The van der Waals surface area contributed by atoms with Gasteiger partial charge in [-0.05, 0) is 24.5 Å². The van der Waals surface area contributed by atoms with Gasteiger partial charge in [0.15, 0.2) is 0 Å². The first-order valence-electron chi connectivity index (χ1n) is 10.2. The third-order valence-corrected chi connectivity index (χ3v) is 5.61. The molecule has 0 aliphatic carbocycles. The molecule has 1 aromatic carbocycles. The van der Waals surface area contributed by atoms with Crippen LogP contribution in [0.25, 0.3) is 10.9 Å². The molecule has 1 aliphatic rings. The first-order valence-corrected chi connectivity index (χ1v) is 10.2. The molecule has 0 unspecified atom stereocenters. The van der Waals surface area contributed by atoms with Crippen LogP contribution < -0.4 is 10.2 Å². The van der Waals surface area contributed by atoms with E-state index in [1.807, 2.05) is 27.8 Å². The van der Waals surface area contributed by atoms with Crippen LogP contribution in [0.15, 0.2) is 49.3 Å². The highest BCUT2D eigenvalue weighted by molar-refractivity contribution is 5.85. The Bertz CT molecular complexity index is 1220. The molecule has 2 N–H and O–H groups in total. The van der Waals surface area contributed by atoms with Gasteiger partial charge in [-0.1, -0.05) is 18.2 Å². The van der Waals surface area contributed by atoms with Gasteiger partial charge in [-0.25, -0.2) is 15.0 Å². The van der Waals surface area contributed by atoms with E-state index >= 15 is 0 Å². The van der Waals surface area contributed by atoms with Gasteiger partial charge in [0.25, 0.3) is 0 Å². The fourth-order valence-electron chi connectivity index (χ4n) is 4.16. The third-order valence-electron chi connectivity index (χ3n) is 5.61. The number of aromatic amines is 1. The Balaban J connectivity index is 1.36. The predicted molar refractivity (Wildman–Crippen MR) is 117 cm³/mol. The van der Waals surface area contributed by atoms with Crippen molar-refractivity contribution in [2.75, 3.05) is 23.3 Å². The third kappa shape index (κ3) is 3.67. The largest absolute Gasteiger partial charge is 0.364 e. The summed E-state index contributed by atoms with van der Waals surface area (Å²) in [5.74, 6) is 0.601. The fraction of sp³-hybridized carbons (Fsp3) is 0.286. The molecular weight excluding hydrogens is 396 g/mol. The number of fused-ring (bicyclic) bond motifs is 3. The lowest BCUT2D eigenvalue weighted by Gasteiger charge is -2.27. The molecular formula is C21H22N8O2. The summed E-state index contributed by atoms with van der Waals surface area (Å²) in [5.41, 5.74) is 3.37. The van der Waals surface area contributed by atoms with Crippen LogP contribution in [-0.2, 0) is 19.5 Å². The zero-order valence-corrected chi connectivity index (χ0v) is 16.9. The van der Waals surface area contributed by atoms with Crippen LogP contribution in [0.1, 0.15) is 17.7 Å². The maximum atomic E-state index is 11.9. The van der Waals surface area contributed by atoms with Crippen molar-refractivity contribution >= 4 is 28.2 Å². The van der Waals surface area contributed by atoms with E-state index in [2.05, 4.69) is 37.4 Å². The summed E-state index contributed by atoms with van der Waals surface area (Å²) in [6.07, 6.45) is 8.34. The molecule has 4 heterocycles. The van der Waals surface area contributed by atoms with Crippen molar-refractivity contribution in [3.63, 3.8) is 0 Å². The highest BCUT2D eigenvalue weighted by Gasteiger charge is 2.30. The van der Waals surface area contributed by atoms with Crippen molar-refractivity contribution in [1.82, 2.24) is 24.5 Å². The van der Waals surface area contributed by atoms with Crippen LogP contribution >= 0.6 is 0 Å². The van der Waals surface area contributed by atoms with Crippen LogP contribution in [0.4, 0.5) is 17.3 Å². The van der Waals surface area contributed by atoms with Gasteiger partial charge in [0.05, 0.1) is 17.8 Å². The molecule has 0 saturated carbocycles. The highest BCUT2D eigenvalue weighted by Crippen LogP contribution is 2.35. The molecule has 0 spiro atoms. The van der Waals surface area contributed by atoms with Gasteiger partial charge in [-0.2, -0.15) is 0 Å². The Morgan fingerprint density at radius 1 is 1.26 bits per heavy atom. The van der Waals surface area contributed by atoms with Crippen molar-refractivity contribution in [2.45, 2.75) is 25.9 Å². The van der Waals surface area contributed by atoms with Crippen LogP contribution in [0.3, 0.4) is 0 Å². The van der Waals surface area contributed by atoms with Gasteiger partial charge in [0.1, 0.15) is 6.33 Å². The molecule has 5 rings (SSSR count). The number of nitrogens with one attached hydrogen (secondary N) is 2. The van der Waals surface area contributed by atoms with E-state index < -0.39 is 4.92 Å². The lowest BCUT2D eigenvalue weighted by molar-refractivity contribution is -0.383. The lowest BCUT2D eigenvalue weighted by Crippen LogP contribution is -2.31. The lowest BCUT2D eigenvalue weighted by atomic mass is 10.0. The average molecular weight is 418 g/mol. The van der Waals surface area contributed by atoms with E-state index in [0.29, 0.717) is 25.5 Å². The minimum atomic E-state index is -0.395. The van der Waals surface area contributed by atoms with Crippen molar-refractivity contribution in [3.8, 4) is 0 Å². The van der Waals surface area contributed by atoms with E-state index in [1.165, 1.54) is 17.3 Å². The quantitative estimate of drug-likeness (QED) is 0.269. The van der Waals surface area contributed by atoms with E-state index in [4.69, 9.17) is 0 Å². The smallest absolute Gasteiger partial charge is 0.353 e. The van der Waals surface area contributed by atoms with Gasteiger partial charge < -0.3 is 19.8 Å². The number of rotatable bonds is 7. The molecule has 10 heteroatoms. The topological polar surface area (TPSA) is 118 Å². The number of nitro groups is 1. The number of para-hydroxylation sites is 1. The maximum absolute atomic E-state index is 11.9. The Labute approximate surface area is 178 Å². The monoisotopic (exact) mass is 418 g/mol. The van der Waals surface area contributed by atoms with Crippen molar-refractivity contribution in [1.29, 1.82) is 0 Å². The van der Waals surface area contributed by atoms with Crippen molar-refractivity contribution < 1.29 is 4.92 Å². The van der Waals surface area contributed by atoms with Gasteiger partial charge >= 0.3 is 5.69 Å². The normalized spacial score (nSPS) is 13.4. The fourth-order valence-corrected chi connectivity index (χ4v) is 4.16. The number of imidazole rings is 1. The Kier molecular flexibility index (Phi) is 4.95. The van der Waals surface area contributed by atoms with Crippen molar-refractivity contribution in [2.24, 2.45) is 0 Å². The van der Waals surface area contributed by atoms with Gasteiger partial charge in [-0.15, -0.1) is 0 Å². The number of aromatic nitrogens is 5. The first kappa shape index (κ1) is 19.0. The van der Waals surface area contributed by atoms with Crippen LogP contribution in [-0.4, -0.2) is 42.5 Å². The number of benzene rings is 1. The summed E-state index contributed by atoms with van der Waals surface area (Å²) >= 11 is 0. The molecule has 0 amide bonds. The van der Waals surface area contributed by atoms with Crippen LogP contribution in [0.5, 0.6) is 0 Å². The molecule has 0 atom stereocenters. The summed E-state index contributed by atoms with van der Waals surface area (Å²) in [7, 11) is 0. The molecule has 0 saturated heterocycles. The second kappa shape index (κ2) is 8.05. The molecule has 4 aromatic rings. The van der Waals surface area contributed by atoms with Gasteiger partial charge in [0.2, 0.25) is 11.6 Å². The molecule has 31 heavy (non-hydrogen) atoms. The number of nitrogens with zero attached hydrogens (tertiary/aromatic N) is 6. The first-order chi connectivity index (χ1) is 15.2. The zero-order chi connectivity index (χ0) is 21.2. The maximum Gasteiger partial charge on any atom is 0.353 e. The zero-order valence-electron chi connectivity index (χ0n) is 16.9. The van der Waals surface area contributed by atoms with Crippen LogP contribution in [0, 0.1) is 10.1 Å². The Morgan fingerprint density at radius 2 is 2.16 bits per heavy atom. The molecule has 0 fully saturated rings. The predicted octanol–water partition coefficient (Wildman–Crippen LogP) is 3.13. The minimum Gasteiger partial charge on any atom is -0.364 e. The van der Waals surface area contributed by atoms with E-state index in [-0.39, 0.29) is 11.5 Å². The Hall–Kier alpha value is -3.95. The standard InChI is InChI=1S/C21H22N8O2/c30-29(31)19-20(23-7-3-9-27-11-8-22-14-27)24-13-25-21(19)28-10-6-16-15-4-1-2-5-17(15)26-18(16)12-28/h1-2,4-5,8,11,13-14,26H,3,6-7,9-10,12H2,(H,23,24,25). The summed E-state index contributed by atoms with van der Waals surface area (Å²) in [6.45, 7) is 2.53. The SMILES string of the molecule is O=[N+]([O-])c1c(NCCCn2ccnc2)ncnc1N1CCc2c([nH]c3ccccc23)C1. The molecule has 158 valence electrons. The molecule has 1 aliphatic heterocycles. The molecule has 0 radical (unpaired) electrons. The van der Waals surface area contributed by atoms with Gasteiger partial charge in [0, 0.05) is 48.6 Å². The molecule has 3 aromatic heterocycles. The second-order valence-electron chi connectivity index (χ2n) is 7.53. The highest BCUT2D eigenvalue weighted by atomic mass is 16.6. The Morgan fingerprint density at radius 3 is 3.00 bits per heavy atom. The number of anilines is 2. The number of aryl methyl sites for hydroxylation is 1. The van der Waals surface area contributed by atoms with E-state index in [9.17, 15) is 10.1 Å². The van der Waals surface area contributed by atoms with Gasteiger partial charge in [-0.3, -0.25) is 10.1 Å².